The topological polar surface area (TPSA) is 50.2 Å². The summed E-state index contributed by atoms with van der Waals surface area (Å²) in [7, 11) is 0. The van der Waals surface area contributed by atoms with E-state index in [9.17, 15) is 4.79 Å². The molecule has 0 aliphatic rings. The van der Waals surface area contributed by atoms with E-state index in [4.69, 9.17) is 5.11 Å². The Kier molecular flexibility index (Phi) is 3.42. The lowest BCUT2D eigenvalue weighted by Gasteiger charge is -1.96. The Labute approximate surface area is 81.4 Å². The summed E-state index contributed by atoms with van der Waals surface area (Å²) in [5.74, 6) is -0.331. The van der Waals surface area contributed by atoms with Crippen molar-refractivity contribution < 1.29 is 9.90 Å². The van der Waals surface area contributed by atoms with Crippen molar-refractivity contribution in [1.29, 1.82) is 0 Å². The summed E-state index contributed by atoms with van der Waals surface area (Å²) in [4.78, 5) is 14.6. The molecule has 0 amide bonds. The van der Waals surface area contributed by atoms with E-state index in [1.165, 1.54) is 0 Å². The highest BCUT2D eigenvalue weighted by atomic mass is 32.1. The number of hydrogen-bond donors (Lipinski definition) is 1. The Morgan fingerprint density at radius 1 is 1.69 bits per heavy atom. The molecular weight excluding hydrogens is 186 g/mol. The lowest BCUT2D eigenvalue weighted by molar-refractivity contribution is -0.136. The van der Waals surface area contributed by atoms with Gasteiger partial charge in [-0.25, -0.2) is 4.98 Å². The zero-order valence-corrected chi connectivity index (χ0v) is 8.60. The number of carboxylic acids is 1. The van der Waals surface area contributed by atoms with Gasteiger partial charge in [0.1, 0.15) is 0 Å². The molecule has 0 aliphatic heterocycles. The quantitative estimate of drug-likeness (QED) is 0.809. The van der Waals surface area contributed by atoms with Crippen LogP contribution in [0.2, 0.25) is 0 Å². The maximum Gasteiger partial charge on any atom is 0.303 e. The van der Waals surface area contributed by atoms with Gasteiger partial charge in [0.25, 0.3) is 0 Å². The summed E-state index contributed by atoms with van der Waals surface area (Å²) in [6, 6.07) is 0. The maximum absolute atomic E-state index is 10.3. The Morgan fingerprint density at radius 3 is 2.85 bits per heavy atom. The lowest BCUT2D eigenvalue weighted by atomic mass is 10.2. The average molecular weight is 199 g/mol. The van der Waals surface area contributed by atoms with E-state index < -0.39 is 5.97 Å². The molecule has 13 heavy (non-hydrogen) atoms. The van der Waals surface area contributed by atoms with Crippen LogP contribution < -0.4 is 0 Å². The molecule has 0 unspecified atom stereocenters. The second-order valence-corrected chi connectivity index (χ2v) is 4.12. The van der Waals surface area contributed by atoms with E-state index >= 15 is 0 Å². The zero-order chi connectivity index (χ0) is 9.84. The molecule has 0 saturated carbocycles. The minimum absolute atomic E-state index is 0.168. The van der Waals surface area contributed by atoms with Crippen molar-refractivity contribution in [2.24, 2.45) is 0 Å². The minimum Gasteiger partial charge on any atom is -0.481 e. The van der Waals surface area contributed by atoms with Crippen molar-refractivity contribution in [2.75, 3.05) is 0 Å². The van der Waals surface area contributed by atoms with Gasteiger partial charge in [0.15, 0.2) is 0 Å². The van der Waals surface area contributed by atoms with E-state index in [0.29, 0.717) is 12.3 Å². The summed E-state index contributed by atoms with van der Waals surface area (Å²) in [5, 5.41) is 11.5. The maximum atomic E-state index is 10.3. The number of nitrogens with zero attached hydrogens (tertiary/aromatic N) is 1. The van der Waals surface area contributed by atoms with Crippen LogP contribution in [0.4, 0.5) is 0 Å². The normalized spacial score (nSPS) is 10.7. The Bertz CT molecular complexity index is 294. The van der Waals surface area contributed by atoms with Gasteiger partial charge in [-0.2, -0.15) is 0 Å². The van der Waals surface area contributed by atoms with Crippen LogP contribution in [-0.2, 0) is 11.2 Å². The van der Waals surface area contributed by atoms with E-state index in [0.717, 1.165) is 10.7 Å². The third kappa shape index (κ3) is 3.14. The molecule has 1 rings (SSSR count). The summed E-state index contributed by atoms with van der Waals surface area (Å²) in [6.45, 7) is 4.17. The van der Waals surface area contributed by atoms with Crippen molar-refractivity contribution in [3.05, 3.63) is 16.1 Å². The molecule has 72 valence electrons. The summed E-state index contributed by atoms with van der Waals surface area (Å²) in [5.41, 5.74) is 0.899. The molecule has 0 fully saturated rings. The van der Waals surface area contributed by atoms with Crippen molar-refractivity contribution in [3.63, 3.8) is 0 Å². The molecule has 3 nitrogen and oxygen atoms in total. The Morgan fingerprint density at radius 2 is 2.38 bits per heavy atom. The second kappa shape index (κ2) is 4.37. The van der Waals surface area contributed by atoms with Crippen LogP contribution in [0.1, 0.15) is 36.9 Å². The number of aryl methyl sites for hydroxylation is 1. The summed E-state index contributed by atoms with van der Waals surface area (Å²) >= 11 is 1.61. The number of rotatable bonds is 4. The highest BCUT2D eigenvalue weighted by molar-refractivity contribution is 7.09. The van der Waals surface area contributed by atoms with E-state index in [1.54, 1.807) is 11.3 Å². The third-order valence-corrected chi connectivity index (χ3v) is 2.85. The monoisotopic (exact) mass is 199 g/mol. The fourth-order valence-corrected chi connectivity index (χ4v) is 1.81. The van der Waals surface area contributed by atoms with Gasteiger partial charge in [0.2, 0.25) is 0 Å². The number of carbonyl (C=O) groups is 1. The van der Waals surface area contributed by atoms with Crippen LogP contribution in [0.15, 0.2) is 5.38 Å². The lowest BCUT2D eigenvalue weighted by Crippen LogP contribution is -1.98. The fraction of sp³-hybridized carbons (Fsp3) is 0.556. The molecule has 0 saturated heterocycles. The highest BCUT2D eigenvalue weighted by Crippen LogP contribution is 2.19. The zero-order valence-electron chi connectivity index (χ0n) is 7.78. The Balaban J connectivity index is 2.54. The minimum atomic E-state index is -0.765. The van der Waals surface area contributed by atoms with Crippen molar-refractivity contribution in [3.8, 4) is 0 Å². The molecule has 4 heteroatoms. The smallest absolute Gasteiger partial charge is 0.303 e. The van der Waals surface area contributed by atoms with Crippen molar-refractivity contribution >= 4 is 17.3 Å². The molecule has 0 spiro atoms. The summed E-state index contributed by atoms with van der Waals surface area (Å²) in [6.07, 6.45) is 0.708. The SMILES string of the molecule is CC(C)c1nc(CCC(=O)O)cs1. The van der Waals surface area contributed by atoms with Gasteiger partial charge < -0.3 is 5.11 Å². The third-order valence-electron chi connectivity index (χ3n) is 1.66. The van der Waals surface area contributed by atoms with Gasteiger partial charge in [-0.15, -0.1) is 11.3 Å². The molecule has 0 radical (unpaired) electrons. The predicted octanol–water partition coefficient (Wildman–Crippen LogP) is 2.28. The van der Waals surface area contributed by atoms with Crippen molar-refractivity contribution in [1.82, 2.24) is 4.98 Å². The Hall–Kier alpha value is -0.900. The molecule has 0 atom stereocenters. The second-order valence-electron chi connectivity index (χ2n) is 3.23. The first kappa shape index (κ1) is 10.2. The van der Waals surface area contributed by atoms with E-state index in [1.807, 2.05) is 5.38 Å². The molecule has 1 aromatic heterocycles. The molecule has 1 aromatic rings. The van der Waals surface area contributed by atoms with Gasteiger partial charge in [0.05, 0.1) is 17.1 Å². The summed E-state index contributed by atoms with van der Waals surface area (Å²) < 4.78 is 0. The van der Waals surface area contributed by atoms with Crippen LogP contribution in [0.5, 0.6) is 0 Å². The van der Waals surface area contributed by atoms with E-state index in [-0.39, 0.29) is 6.42 Å². The number of hydrogen-bond acceptors (Lipinski definition) is 3. The first-order valence-electron chi connectivity index (χ1n) is 4.25. The number of aromatic nitrogens is 1. The van der Waals surface area contributed by atoms with Crippen LogP contribution in [-0.4, -0.2) is 16.1 Å². The highest BCUT2D eigenvalue weighted by Gasteiger charge is 2.06. The fourth-order valence-electron chi connectivity index (χ4n) is 0.938. The number of thiazole rings is 1. The standard InChI is InChI=1S/C9H13NO2S/c1-6(2)9-10-7(5-13-9)3-4-8(11)12/h5-6H,3-4H2,1-2H3,(H,11,12). The van der Waals surface area contributed by atoms with Gasteiger partial charge in [-0.3, -0.25) is 4.79 Å². The van der Waals surface area contributed by atoms with Crippen LogP contribution in [0, 0.1) is 0 Å². The van der Waals surface area contributed by atoms with Crippen LogP contribution >= 0.6 is 11.3 Å². The number of carboxylic acid groups (broad SMARTS) is 1. The molecule has 0 aliphatic carbocycles. The van der Waals surface area contributed by atoms with Crippen LogP contribution in [0.3, 0.4) is 0 Å². The van der Waals surface area contributed by atoms with Crippen molar-refractivity contribution in [2.45, 2.75) is 32.6 Å². The van der Waals surface area contributed by atoms with Crippen LogP contribution in [0.25, 0.3) is 0 Å². The molecule has 1 N–H and O–H groups in total. The predicted molar refractivity (Wildman–Crippen MR) is 52.2 cm³/mol. The molecular formula is C9H13NO2S. The molecule has 0 bridgehead atoms. The van der Waals surface area contributed by atoms with Gasteiger partial charge in [0, 0.05) is 17.7 Å². The molecule has 1 heterocycles. The number of aliphatic carboxylic acids is 1. The average Bonchev–Trinajstić information content (AvgIpc) is 2.48. The molecule has 0 aromatic carbocycles. The van der Waals surface area contributed by atoms with Gasteiger partial charge >= 0.3 is 5.97 Å². The first-order valence-corrected chi connectivity index (χ1v) is 5.13. The largest absolute Gasteiger partial charge is 0.481 e. The van der Waals surface area contributed by atoms with E-state index in [2.05, 4.69) is 18.8 Å². The first-order chi connectivity index (χ1) is 6.09. The van der Waals surface area contributed by atoms with Gasteiger partial charge in [-0.1, -0.05) is 13.8 Å². The van der Waals surface area contributed by atoms with Gasteiger partial charge in [-0.05, 0) is 0 Å².